The molecule has 2 heteroatoms. The van der Waals surface area contributed by atoms with Crippen LogP contribution in [0.15, 0.2) is 4.99 Å². The lowest BCUT2D eigenvalue weighted by atomic mass is 9.94. The number of nitrogens with zero attached hydrogens (tertiary/aromatic N) is 1. The van der Waals surface area contributed by atoms with Crippen LogP contribution in [0.5, 0.6) is 0 Å². The van der Waals surface area contributed by atoms with Gasteiger partial charge >= 0.3 is 0 Å². The predicted molar refractivity (Wildman–Crippen MR) is 39.5 cm³/mol. The molecule has 2 nitrogen and oxygen atoms in total. The topological polar surface area (TPSA) is 29.4 Å². The quantitative estimate of drug-likeness (QED) is 0.423. The number of hydrogen-bond donors (Lipinski definition) is 0. The maximum atomic E-state index is 9.87. The summed E-state index contributed by atoms with van der Waals surface area (Å²) in [5, 5.41) is 0. The van der Waals surface area contributed by atoms with Gasteiger partial charge in [0.1, 0.15) is 0 Å². The Balaban J connectivity index is 2.56. The van der Waals surface area contributed by atoms with Gasteiger partial charge in [-0.25, -0.2) is 9.79 Å². The molecule has 2 unspecified atom stereocenters. The van der Waals surface area contributed by atoms with E-state index < -0.39 is 0 Å². The molecule has 0 radical (unpaired) electrons. The van der Waals surface area contributed by atoms with E-state index in [2.05, 4.69) is 25.8 Å². The van der Waals surface area contributed by atoms with Crippen molar-refractivity contribution in [1.82, 2.24) is 0 Å². The second kappa shape index (κ2) is 2.21. The molecule has 1 fully saturated rings. The molecule has 10 heavy (non-hydrogen) atoms. The van der Waals surface area contributed by atoms with Gasteiger partial charge < -0.3 is 0 Å². The normalized spacial score (nSPS) is 37.4. The standard InChI is InChI=1S/C8H13NO/c1-6(2)8(3)4-7(8)9-5-10/h6-7H,4H2,1-3H3. The highest BCUT2D eigenvalue weighted by Gasteiger charge is 2.52. The van der Waals surface area contributed by atoms with Crippen LogP contribution in [0.2, 0.25) is 0 Å². The number of carbonyl (C=O) groups excluding carboxylic acids is 1. The molecule has 0 spiro atoms. The first-order valence-corrected chi connectivity index (χ1v) is 3.68. The Hall–Kier alpha value is -0.620. The maximum Gasteiger partial charge on any atom is 0.235 e. The minimum absolute atomic E-state index is 0.255. The van der Waals surface area contributed by atoms with Crippen LogP contribution in [-0.4, -0.2) is 12.1 Å². The Bertz CT molecular complexity index is 182. The molecule has 0 amide bonds. The van der Waals surface area contributed by atoms with E-state index in [0.29, 0.717) is 5.92 Å². The third kappa shape index (κ3) is 0.994. The van der Waals surface area contributed by atoms with E-state index in [1.54, 1.807) is 6.08 Å². The molecular formula is C8H13NO. The van der Waals surface area contributed by atoms with Crippen molar-refractivity contribution < 1.29 is 4.79 Å². The molecule has 0 bridgehead atoms. The van der Waals surface area contributed by atoms with Gasteiger partial charge in [-0.2, -0.15) is 0 Å². The second-order valence-corrected chi connectivity index (χ2v) is 3.60. The van der Waals surface area contributed by atoms with Gasteiger partial charge in [-0.15, -0.1) is 0 Å². The molecule has 0 heterocycles. The summed E-state index contributed by atoms with van der Waals surface area (Å²) in [6.07, 6.45) is 2.67. The van der Waals surface area contributed by atoms with Crippen molar-refractivity contribution in [2.45, 2.75) is 33.2 Å². The monoisotopic (exact) mass is 139 g/mol. The van der Waals surface area contributed by atoms with Crippen LogP contribution in [0.25, 0.3) is 0 Å². The molecule has 1 rings (SSSR count). The summed E-state index contributed by atoms with van der Waals surface area (Å²) in [5.41, 5.74) is 0.289. The van der Waals surface area contributed by atoms with Crippen LogP contribution in [0.1, 0.15) is 27.2 Å². The molecule has 0 saturated heterocycles. The summed E-state index contributed by atoms with van der Waals surface area (Å²) < 4.78 is 0. The zero-order valence-corrected chi connectivity index (χ0v) is 6.72. The van der Waals surface area contributed by atoms with E-state index in [-0.39, 0.29) is 11.5 Å². The lowest BCUT2D eigenvalue weighted by Crippen LogP contribution is -2.08. The van der Waals surface area contributed by atoms with Crippen molar-refractivity contribution in [3.8, 4) is 0 Å². The number of hydrogen-bond acceptors (Lipinski definition) is 2. The van der Waals surface area contributed by atoms with Gasteiger partial charge in [0.2, 0.25) is 6.08 Å². The molecule has 1 aliphatic carbocycles. The molecule has 0 aromatic carbocycles. The molecule has 56 valence electrons. The van der Waals surface area contributed by atoms with Crippen molar-refractivity contribution in [2.24, 2.45) is 16.3 Å². The van der Waals surface area contributed by atoms with Gasteiger partial charge in [-0.1, -0.05) is 20.8 Å². The van der Waals surface area contributed by atoms with Crippen LogP contribution in [-0.2, 0) is 4.79 Å². The minimum atomic E-state index is 0.255. The molecule has 0 aromatic heterocycles. The number of rotatable bonds is 2. The highest BCUT2D eigenvalue weighted by atomic mass is 16.1. The lowest BCUT2D eigenvalue weighted by Gasteiger charge is -2.12. The average Bonchev–Trinajstić information content (AvgIpc) is 2.45. The number of isocyanates is 1. The van der Waals surface area contributed by atoms with Gasteiger partial charge in [0.25, 0.3) is 0 Å². The van der Waals surface area contributed by atoms with Crippen molar-refractivity contribution >= 4 is 6.08 Å². The summed E-state index contributed by atoms with van der Waals surface area (Å²) in [6, 6.07) is 0.255. The summed E-state index contributed by atoms with van der Waals surface area (Å²) in [4.78, 5) is 13.6. The second-order valence-electron chi connectivity index (χ2n) is 3.60. The Morgan fingerprint density at radius 3 is 2.60 bits per heavy atom. The van der Waals surface area contributed by atoms with Crippen molar-refractivity contribution in [2.75, 3.05) is 0 Å². The Morgan fingerprint density at radius 2 is 2.30 bits per heavy atom. The minimum Gasteiger partial charge on any atom is -0.211 e. The van der Waals surface area contributed by atoms with Gasteiger partial charge in [0.05, 0.1) is 6.04 Å². The molecule has 0 N–H and O–H groups in total. The third-order valence-corrected chi connectivity index (χ3v) is 2.76. The first-order chi connectivity index (χ1) is 4.61. The molecule has 1 aliphatic rings. The van der Waals surface area contributed by atoms with E-state index in [9.17, 15) is 4.79 Å². The fourth-order valence-electron chi connectivity index (χ4n) is 1.23. The van der Waals surface area contributed by atoms with E-state index in [0.717, 1.165) is 6.42 Å². The Labute approximate surface area is 61.3 Å². The summed E-state index contributed by atoms with van der Waals surface area (Å²) in [5.74, 6) is 0.620. The summed E-state index contributed by atoms with van der Waals surface area (Å²) in [7, 11) is 0. The van der Waals surface area contributed by atoms with Crippen LogP contribution in [0.3, 0.4) is 0 Å². The van der Waals surface area contributed by atoms with Crippen molar-refractivity contribution in [3.63, 3.8) is 0 Å². The van der Waals surface area contributed by atoms with E-state index >= 15 is 0 Å². The van der Waals surface area contributed by atoms with E-state index in [4.69, 9.17) is 0 Å². The molecule has 1 saturated carbocycles. The fourth-order valence-corrected chi connectivity index (χ4v) is 1.23. The summed E-state index contributed by atoms with van der Waals surface area (Å²) in [6.45, 7) is 6.50. The third-order valence-electron chi connectivity index (χ3n) is 2.76. The Morgan fingerprint density at radius 1 is 1.70 bits per heavy atom. The van der Waals surface area contributed by atoms with Crippen molar-refractivity contribution in [3.05, 3.63) is 0 Å². The van der Waals surface area contributed by atoms with Crippen LogP contribution in [0, 0.1) is 11.3 Å². The van der Waals surface area contributed by atoms with E-state index in [1.807, 2.05) is 0 Å². The summed E-state index contributed by atoms with van der Waals surface area (Å²) >= 11 is 0. The fraction of sp³-hybridized carbons (Fsp3) is 0.875. The highest BCUT2D eigenvalue weighted by molar-refractivity contribution is 5.35. The largest absolute Gasteiger partial charge is 0.235 e. The van der Waals surface area contributed by atoms with Crippen molar-refractivity contribution in [1.29, 1.82) is 0 Å². The number of aliphatic imine (C=N–C) groups is 1. The highest BCUT2D eigenvalue weighted by Crippen LogP contribution is 2.53. The Kier molecular flexibility index (Phi) is 1.65. The zero-order chi connectivity index (χ0) is 7.78. The average molecular weight is 139 g/mol. The first-order valence-electron chi connectivity index (χ1n) is 3.68. The van der Waals surface area contributed by atoms with Gasteiger partial charge in [-0.05, 0) is 17.8 Å². The predicted octanol–water partition coefficient (Wildman–Crippen LogP) is 1.76. The van der Waals surface area contributed by atoms with Gasteiger partial charge in [-0.3, -0.25) is 0 Å². The van der Waals surface area contributed by atoms with Crippen LogP contribution in [0.4, 0.5) is 0 Å². The smallest absolute Gasteiger partial charge is 0.211 e. The van der Waals surface area contributed by atoms with E-state index in [1.165, 1.54) is 0 Å². The first kappa shape index (κ1) is 7.49. The van der Waals surface area contributed by atoms with Gasteiger partial charge in [0.15, 0.2) is 0 Å². The van der Waals surface area contributed by atoms with Gasteiger partial charge in [0, 0.05) is 0 Å². The maximum absolute atomic E-state index is 9.87. The van der Waals surface area contributed by atoms with Crippen LogP contribution < -0.4 is 0 Å². The molecule has 0 aliphatic heterocycles. The SMILES string of the molecule is CC(C)C1(C)CC1N=C=O. The molecular weight excluding hydrogens is 126 g/mol. The molecule has 0 aromatic rings. The molecule has 2 atom stereocenters. The zero-order valence-electron chi connectivity index (χ0n) is 6.72. The lowest BCUT2D eigenvalue weighted by molar-refractivity contribution is 0.382. The van der Waals surface area contributed by atoms with Crippen LogP contribution >= 0.6 is 0 Å².